The molecule has 0 radical (unpaired) electrons. The molecule has 5 nitrogen and oxygen atoms in total. The van der Waals surface area contributed by atoms with Gasteiger partial charge < -0.3 is 10.3 Å². The highest BCUT2D eigenvalue weighted by molar-refractivity contribution is 7.91. The first-order valence-corrected chi connectivity index (χ1v) is 7.43. The Bertz CT molecular complexity index is 514. The van der Waals surface area contributed by atoms with Crippen LogP contribution < -0.4 is 5.32 Å². The summed E-state index contributed by atoms with van der Waals surface area (Å²) in [5, 5.41) is 3.22. The fraction of sp³-hybridized carbons (Fsp3) is 0.700. The number of hydrogen-bond donors (Lipinski definition) is 2. The molecule has 0 saturated heterocycles. The van der Waals surface area contributed by atoms with Gasteiger partial charge in [-0.3, -0.25) is 0 Å². The average molecular weight is 241 g/mol. The van der Waals surface area contributed by atoms with E-state index < -0.39 is 9.84 Å². The maximum absolute atomic E-state index is 11.4. The van der Waals surface area contributed by atoms with Gasteiger partial charge in [-0.25, -0.2) is 13.4 Å². The molecule has 88 valence electrons. The number of aromatic amines is 1. The second-order valence-electron chi connectivity index (χ2n) is 4.85. The van der Waals surface area contributed by atoms with Gasteiger partial charge in [-0.15, -0.1) is 0 Å². The Labute approximate surface area is 94.6 Å². The van der Waals surface area contributed by atoms with Crippen molar-refractivity contribution in [3.63, 3.8) is 0 Å². The topological polar surface area (TPSA) is 74.8 Å². The number of imidazole rings is 1. The summed E-state index contributed by atoms with van der Waals surface area (Å²) in [4.78, 5) is 7.47. The molecule has 2 heterocycles. The van der Waals surface area contributed by atoms with Gasteiger partial charge in [0, 0.05) is 24.9 Å². The van der Waals surface area contributed by atoms with Gasteiger partial charge in [0.05, 0.1) is 22.8 Å². The van der Waals surface area contributed by atoms with Gasteiger partial charge in [0.2, 0.25) is 0 Å². The zero-order valence-corrected chi connectivity index (χ0v) is 9.97. The number of rotatable bonds is 1. The molecule has 0 amide bonds. The van der Waals surface area contributed by atoms with E-state index in [1.165, 1.54) is 6.26 Å². The fourth-order valence-electron chi connectivity index (χ4n) is 2.79. The fourth-order valence-corrected chi connectivity index (χ4v) is 3.97. The number of sulfone groups is 1. The average Bonchev–Trinajstić information content (AvgIpc) is 2.59. The molecule has 0 atom stereocenters. The second kappa shape index (κ2) is 3.07. The summed E-state index contributed by atoms with van der Waals surface area (Å²) in [6, 6.07) is 0. The Morgan fingerprint density at radius 3 is 2.94 bits per heavy atom. The first-order chi connectivity index (χ1) is 7.51. The second-order valence-corrected chi connectivity index (χ2v) is 7.17. The number of hydrogen-bond acceptors (Lipinski definition) is 4. The molecule has 0 aromatic carbocycles. The van der Waals surface area contributed by atoms with Crippen LogP contribution in [0.5, 0.6) is 0 Å². The van der Waals surface area contributed by atoms with Crippen LogP contribution in [-0.4, -0.2) is 36.4 Å². The minimum Gasteiger partial charge on any atom is -0.348 e. The molecule has 1 spiro atoms. The summed E-state index contributed by atoms with van der Waals surface area (Å²) in [5.41, 5.74) is 2.01. The van der Waals surface area contributed by atoms with E-state index in [0.717, 1.165) is 24.4 Å². The molecule has 1 saturated carbocycles. The van der Waals surface area contributed by atoms with Crippen LogP contribution in [0.25, 0.3) is 0 Å². The van der Waals surface area contributed by atoms with E-state index in [1.54, 1.807) is 6.33 Å². The van der Waals surface area contributed by atoms with Crippen molar-refractivity contribution >= 4 is 9.84 Å². The van der Waals surface area contributed by atoms with Crippen LogP contribution in [0, 0.1) is 0 Å². The van der Waals surface area contributed by atoms with Gasteiger partial charge in [0.1, 0.15) is 9.84 Å². The largest absolute Gasteiger partial charge is 0.348 e. The molecule has 16 heavy (non-hydrogen) atoms. The van der Waals surface area contributed by atoms with E-state index in [0.29, 0.717) is 12.8 Å². The van der Waals surface area contributed by atoms with E-state index in [1.807, 2.05) is 0 Å². The summed E-state index contributed by atoms with van der Waals surface area (Å²) in [6.07, 6.45) is 5.28. The minimum atomic E-state index is -2.91. The molecule has 1 aromatic heterocycles. The van der Waals surface area contributed by atoms with Crippen molar-refractivity contribution < 1.29 is 8.42 Å². The summed E-state index contributed by atoms with van der Waals surface area (Å²) < 4.78 is 22.9. The van der Waals surface area contributed by atoms with Crippen molar-refractivity contribution in [1.82, 2.24) is 15.3 Å². The third-order valence-electron chi connectivity index (χ3n) is 3.77. The molecule has 3 rings (SSSR count). The van der Waals surface area contributed by atoms with Crippen molar-refractivity contribution in [2.24, 2.45) is 0 Å². The number of fused-ring (bicyclic) bond motifs is 2. The van der Waals surface area contributed by atoms with Gasteiger partial charge in [-0.1, -0.05) is 0 Å². The molecule has 2 N–H and O–H groups in total. The van der Waals surface area contributed by atoms with Crippen LogP contribution in [-0.2, 0) is 21.8 Å². The van der Waals surface area contributed by atoms with Gasteiger partial charge >= 0.3 is 0 Å². The van der Waals surface area contributed by atoms with Crippen LogP contribution in [0.1, 0.15) is 24.2 Å². The Balaban J connectivity index is 1.90. The van der Waals surface area contributed by atoms with Crippen LogP contribution in [0.15, 0.2) is 6.33 Å². The first kappa shape index (κ1) is 10.3. The number of nitrogens with one attached hydrogen (secondary N) is 2. The van der Waals surface area contributed by atoms with Gasteiger partial charge in [-0.05, 0) is 12.8 Å². The molecule has 1 aliphatic carbocycles. The smallest absolute Gasteiger partial charge is 0.150 e. The van der Waals surface area contributed by atoms with Crippen molar-refractivity contribution in [2.45, 2.75) is 30.1 Å². The van der Waals surface area contributed by atoms with Crippen LogP contribution in [0.3, 0.4) is 0 Å². The Hall–Kier alpha value is -0.880. The minimum absolute atomic E-state index is 0.179. The highest BCUT2D eigenvalue weighted by Gasteiger charge is 2.52. The van der Waals surface area contributed by atoms with Crippen LogP contribution >= 0.6 is 0 Å². The molecule has 0 unspecified atom stereocenters. The highest BCUT2D eigenvalue weighted by Crippen LogP contribution is 2.46. The molecule has 1 fully saturated rings. The Morgan fingerprint density at radius 2 is 2.25 bits per heavy atom. The molecular formula is C10H15N3O2S. The zero-order chi connectivity index (χ0) is 11.4. The van der Waals surface area contributed by atoms with E-state index in [-0.39, 0.29) is 10.8 Å². The van der Waals surface area contributed by atoms with Crippen LogP contribution in [0.4, 0.5) is 0 Å². The maximum Gasteiger partial charge on any atom is 0.150 e. The summed E-state index contributed by atoms with van der Waals surface area (Å²) in [7, 11) is -2.91. The number of H-pyrrole nitrogens is 1. The van der Waals surface area contributed by atoms with Crippen LogP contribution in [0.2, 0.25) is 0 Å². The SMILES string of the molecule is CS(=O)(=O)C1CC2(C1)NCCc1[nH]cnc12. The van der Waals surface area contributed by atoms with E-state index in [2.05, 4.69) is 15.3 Å². The van der Waals surface area contributed by atoms with E-state index >= 15 is 0 Å². The third kappa shape index (κ3) is 1.33. The number of nitrogens with zero attached hydrogens (tertiary/aromatic N) is 1. The van der Waals surface area contributed by atoms with E-state index in [4.69, 9.17) is 0 Å². The van der Waals surface area contributed by atoms with Crippen molar-refractivity contribution in [2.75, 3.05) is 12.8 Å². The standard InChI is InChI=1S/C10H15N3O2S/c1-16(14,15)7-4-10(5-7)9-8(2-3-13-10)11-6-12-9/h6-7,13H,2-5H2,1H3,(H,11,12). The molecule has 0 bridgehead atoms. The lowest BCUT2D eigenvalue weighted by Gasteiger charge is -2.48. The van der Waals surface area contributed by atoms with E-state index in [9.17, 15) is 8.42 Å². The normalized spacial score (nSPS) is 33.4. The molecule has 1 aromatic rings. The molecule has 1 aliphatic heterocycles. The highest BCUT2D eigenvalue weighted by atomic mass is 32.2. The van der Waals surface area contributed by atoms with Crippen molar-refractivity contribution in [3.05, 3.63) is 17.7 Å². The Morgan fingerprint density at radius 1 is 1.50 bits per heavy atom. The van der Waals surface area contributed by atoms with Gasteiger partial charge in [0.15, 0.2) is 0 Å². The monoisotopic (exact) mass is 241 g/mol. The number of aromatic nitrogens is 2. The summed E-state index contributed by atoms with van der Waals surface area (Å²) >= 11 is 0. The summed E-state index contributed by atoms with van der Waals surface area (Å²) in [5.74, 6) is 0. The van der Waals surface area contributed by atoms with Crippen molar-refractivity contribution in [3.8, 4) is 0 Å². The zero-order valence-electron chi connectivity index (χ0n) is 9.16. The van der Waals surface area contributed by atoms with Crippen molar-refractivity contribution in [1.29, 1.82) is 0 Å². The quantitative estimate of drug-likeness (QED) is 0.723. The molecule has 6 heteroatoms. The predicted octanol–water partition coefficient (Wildman–Crippen LogP) is -0.0423. The van der Waals surface area contributed by atoms with Gasteiger partial charge in [-0.2, -0.15) is 0 Å². The first-order valence-electron chi connectivity index (χ1n) is 5.48. The third-order valence-corrected chi connectivity index (χ3v) is 5.31. The lowest BCUT2D eigenvalue weighted by atomic mass is 9.71. The summed E-state index contributed by atoms with van der Waals surface area (Å²) in [6.45, 7) is 0.895. The molecule has 2 aliphatic rings. The lowest BCUT2D eigenvalue weighted by molar-refractivity contribution is 0.173. The Kier molecular flexibility index (Phi) is 1.98. The van der Waals surface area contributed by atoms with Gasteiger partial charge in [0.25, 0.3) is 0 Å². The maximum atomic E-state index is 11.4. The predicted molar refractivity (Wildman–Crippen MR) is 59.8 cm³/mol. The lowest BCUT2D eigenvalue weighted by Crippen LogP contribution is -2.59. The molecular weight excluding hydrogens is 226 g/mol.